The molecule has 4 aromatic rings. The highest BCUT2D eigenvalue weighted by atomic mass is 31.2. The summed E-state index contributed by atoms with van der Waals surface area (Å²) in [6, 6.07) is 23.1. The van der Waals surface area contributed by atoms with Gasteiger partial charge in [-0.3, -0.25) is 9.36 Å². The van der Waals surface area contributed by atoms with Crippen LogP contribution in [0.1, 0.15) is 35.3 Å². The van der Waals surface area contributed by atoms with Crippen LogP contribution in [-0.2, 0) is 31.0 Å². The van der Waals surface area contributed by atoms with Crippen molar-refractivity contribution < 1.29 is 28.3 Å². The van der Waals surface area contributed by atoms with Gasteiger partial charge in [0.2, 0.25) is 0 Å². The molecule has 7 nitrogen and oxygen atoms in total. The van der Waals surface area contributed by atoms with Crippen molar-refractivity contribution in [3.8, 4) is 0 Å². The lowest BCUT2D eigenvalue weighted by Gasteiger charge is -2.18. The molecular weight excluding hydrogens is 489 g/mol. The summed E-state index contributed by atoms with van der Waals surface area (Å²) in [7, 11) is -3.27. The standard InChI is InChI=1S/C29H30NO6P/c1-3-35-37(34,36-4-2)19-20-13-15-21(16-14-20)28(31)30-27(29(32)33)18-26-24-11-7-5-9-22(24)17-23-10-6-8-12-25(23)26/h5-17,27H,3-4,18-19H2,1-2H3,(H,30,31)(H,32,33)/t27-/m0/s1. The summed E-state index contributed by atoms with van der Waals surface area (Å²) in [4.78, 5) is 25.2. The number of nitrogens with one attached hydrogen (secondary N) is 1. The molecule has 0 spiro atoms. The molecule has 4 aromatic carbocycles. The van der Waals surface area contributed by atoms with Crippen molar-refractivity contribution in [2.75, 3.05) is 13.2 Å². The first-order valence-corrected chi connectivity index (χ1v) is 14.0. The molecule has 1 amide bonds. The first-order chi connectivity index (χ1) is 17.8. The number of rotatable bonds is 11. The Morgan fingerprint density at radius 3 is 1.92 bits per heavy atom. The van der Waals surface area contributed by atoms with Gasteiger partial charge >= 0.3 is 13.6 Å². The molecule has 0 aromatic heterocycles. The number of carboxylic acid groups (broad SMARTS) is 1. The van der Waals surface area contributed by atoms with Gasteiger partial charge in [-0.1, -0.05) is 60.7 Å². The Morgan fingerprint density at radius 1 is 0.865 bits per heavy atom. The lowest BCUT2D eigenvalue weighted by Crippen LogP contribution is -2.42. The number of fused-ring (bicyclic) bond motifs is 2. The molecule has 0 aliphatic heterocycles. The first kappa shape index (κ1) is 26.6. The van der Waals surface area contributed by atoms with E-state index in [1.807, 2.05) is 48.5 Å². The fourth-order valence-electron chi connectivity index (χ4n) is 4.48. The van der Waals surface area contributed by atoms with E-state index in [1.165, 1.54) is 0 Å². The van der Waals surface area contributed by atoms with E-state index in [0.29, 0.717) is 11.1 Å². The Balaban J connectivity index is 1.56. The van der Waals surface area contributed by atoms with Crippen molar-refractivity contribution in [1.82, 2.24) is 5.32 Å². The molecule has 0 radical (unpaired) electrons. The Bertz CT molecular complexity index is 1400. The molecule has 0 saturated carbocycles. The Morgan fingerprint density at radius 2 is 1.41 bits per heavy atom. The van der Waals surface area contributed by atoms with Crippen LogP contribution in [0.2, 0.25) is 0 Å². The SMILES string of the molecule is CCOP(=O)(Cc1ccc(C(=O)N[C@@H](Cc2c3ccccc3cc3ccccc23)C(=O)O)cc1)OCC. The van der Waals surface area contributed by atoms with E-state index in [4.69, 9.17) is 9.05 Å². The van der Waals surface area contributed by atoms with Crippen LogP contribution in [0.4, 0.5) is 0 Å². The minimum absolute atomic E-state index is 0.0858. The number of hydrogen-bond acceptors (Lipinski definition) is 5. The Kier molecular flexibility index (Phi) is 8.39. The maximum absolute atomic E-state index is 13.0. The minimum Gasteiger partial charge on any atom is -0.480 e. The summed E-state index contributed by atoms with van der Waals surface area (Å²) >= 11 is 0. The summed E-state index contributed by atoms with van der Waals surface area (Å²) in [5.41, 5.74) is 1.87. The van der Waals surface area contributed by atoms with E-state index >= 15 is 0 Å². The van der Waals surface area contributed by atoms with Gasteiger partial charge < -0.3 is 19.5 Å². The van der Waals surface area contributed by atoms with Gasteiger partial charge in [0.05, 0.1) is 19.4 Å². The molecule has 2 N–H and O–H groups in total. The van der Waals surface area contributed by atoms with Crippen LogP contribution in [-0.4, -0.2) is 36.2 Å². The second kappa shape index (κ2) is 11.7. The Labute approximate surface area is 215 Å². The number of carbonyl (C=O) groups is 2. The van der Waals surface area contributed by atoms with Crippen molar-refractivity contribution in [2.45, 2.75) is 32.5 Å². The minimum atomic E-state index is -3.27. The summed E-state index contributed by atoms with van der Waals surface area (Å²) in [6.07, 6.45) is 0.218. The van der Waals surface area contributed by atoms with Gasteiger partial charge in [0.25, 0.3) is 5.91 Å². The zero-order valence-electron chi connectivity index (χ0n) is 20.8. The molecule has 0 aliphatic carbocycles. The molecule has 1 atom stereocenters. The molecule has 0 heterocycles. The van der Waals surface area contributed by atoms with E-state index in [-0.39, 0.29) is 25.8 Å². The predicted molar refractivity (Wildman–Crippen MR) is 145 cm³/mol. The van der Waals surface area contributed by atoms with Gasteiger partial charge in [-0.15, -0.1) is 0 Å². The van der Waals surface area contributed by atoms with Gasteiger partial charge in [-0.2, -0.15) is 0 Å². The number of benzene rings is 4. The van der Waals surface area contributed by atoms with E-state index in [0.717, 1.165) is 27.1 Å². The molecule has 4 rings (SSSR count). The lowest BCUT2D eigenvalue weighted by molar-refractivity contribution is -0.139. The number of amides is 1. The van der Waals surface area contributed by atoms with Crippen LogP contribution < -0.4 is 5.32 Å². The second-order valence-corrected chi connectivity index (χ2v) is 10.7. The predicted octanol–water partition coefficient (Wildman–Crippen LogP) is 6.18. The monoisotopic (exact) mass is 519 g/mol. The van der Waals surface area contributed by atoms with Crippen LogP contribution in [0.15, 0.2) is 78.9 Å². The summed E-state index contributed by atoms with van der Waals surface area (Å²) < 4.78 is 23.5. The molecule has 8 heteroatoms. The maximum Gasteiger partial charge on any atom is 0.335 e. The Hall–Kier alpha value is -3.51. The normalized spacial score (nSPS) is 12.5. The third-order valence-corrected chi connectivity index (χ3v) is 8.19. The topological polar surface area (TPSA) is 102 Å². The van der Waals surface area contributed by atoms with E-state index in [2.05, 4.69) is 11.4 Å². The maximum atomic E-state index is 13.0. The molecule has 0 aliphatic rings. The number of hydrogen-bond donors (Lipinski definition) is 2. The fraction of sp³-hybridized carbons (Fsp3) is 0.241. The first-order valence-electron chi connectivity index (χ1n) is 12.2. The quantitative estimate of drug-likeness (QED) is 0.181. The van der Waals surface area contributed by atoms with Crippen LogP contribution in [0.3, 0.4) is 0 Å². The van der Waals surface area contributed by atoms with Crippen molar-refractivity contribution in [2.24, 2.45) is 0 Å². The lowest BCUT2D eigenvalue weighted by atomic mass is 9.92. The second-order valence-electron chi connectivity index (χ2n) is 8.67. The van der Waals surface area contributed by atoms with E-state index < -0.39 is 25.5 Å². The zero-order chi connectivity index (χ0) is 26.4. The van der Waals surface area contributed by atoms with Gasteiger partial charge in [0.15, 0.2) is 0 Å². The van der Waals surface area contributed by atoms with Crippen molar-refractivity contribution in [3.63, 3.8) is 0 Å². The average Bonchev–Trinajstić information content (AvgIpc) is 2.88. The molecular formula is C29H30NO6P. The third-order valence-electron chi connectivity index (χ3n) is 6.14. The third kappa shape index (κ3) is 6.25. The summed E-state index contributed by atoms with van der Waals surface area (Å²) in [5.74, 6) is -1.61. The highest BCUT2D eigenvalue weighted by molar-refractivity contribution is 7.53. The largest absolute Gasteiger partial charge is 0.480 e. The van der Waals surface area contributed by atoms with Crippen molar-refractivity contribution in [3.05, 3.63) is 95.6 Å². The van der Waals surface area contributed by atoms with Crippen molar-refractivity contribution in [1.29, 1.82) is 0 Å². The number of carbonyl (C=O) groups excluding carboxylic acids is 1. The molecule has 0 bridgehead atoms. The molecule has 192 valence electrons. The van der Waals surface area contributed by atoms with Gasteiger partial charge in [0.1, 0.15) is 6.04 Å². The highest BCUT2D eigenvalue weighted by Gasteiger charge is 2.25. The summed E-state index contributed by atoms with van der Waals surface area (Å²) in [5, 5.41) is 16.6. The molecule has 0 fully saturated rings. The van der Waals surface area contributed by atoms with Gasteiger partial charge in [-0.05, 0) is 64.7 Å². The van der Waals surface area contributed by atoms with E-state index in [9.17, 15) is 19.3 Å². The smallest absolute Gasteiger partial charge is 0.335 e. The van der Waals surface area contributed by atoms with Crippen LogP contribution in [0.5, 0.6) is 0 Å². The highest BCUT2D eigenvalue weighted by Crippen LogP contribution is 2.51. The fourth-order valence-corrected chi connectivity index (χ4v) is 6.18. The molecule has 0 unspecified atom stereocenters. The average molecular weight is 520 g/mol. The van der Waals surface area contributed by atoms with Crippen LogP contribution >= 0.6 is 7.60 Å². The van der Waals surface area contributed by atoms with Crippen LogP contribution in [0, 0.1) is 0 Å². The number of aliphatic carboxylic acids is 1. The van der Waals surface area contributed by atoms with Crippen molar-refractivity contribution >= 4 is 41.0 Å². The summed E-state index contributed by atoms with van der Waals surface area (Å²) in [6.45, 7) is 4.03. The van der Waals surface area contributed by atoms with Gasteiger partial charge in [-0.25, -0.2) is 4.79 Å². The van der Waals surface area contributed by atoms with Gasteiger partial charge in [0, 0.05) is 12.0 Å². The molecule has 37 heavy (non-hydrogen) atoms. The van der Waals surface area contributed by atoms with E-state index in [1.54, 1.807) is 38.1 Å². The molecule has 0 saturated heterocycles. The zero-order valence-corrected chi connectivity index (χ0v) is 21.7. The van der Waals surface area contributed by atoms with Crippen LogP contribution in [0.25, 0.3) is 21.5 Å². The number of carboxylic acids is 1.